The van der Waals surface area contributed by atoms with Crippen molar-refractivity contribution in [3.05, 3.63) is 77.1 Å². The summed E-state index contributed by atoms with van der Waals surface area (Å²) in [5, 5.41) is 6.16. The van der Waals surface area contributed by atoms with Crippen LogP contribution < -0.4 is 20.1 Å². The van der Waals surface area contributed by atoms with Gasteiger partial charge in [-0.1, -0.05) is 18.2 Å². The van der Waals surface area contributed by atoms with Gasteiger partial charge in [0.2, 0.25) is 5.91 Å². The van der Waals surface area contributed by atoms with Gasteiger partial charge >= 0.3 is 0 Å². The van der Waals surface area contributed by atoms with Crippen molar-refractivity contribution in [2.75, 3.05) is 17.7 Å². The van der Waals surface area contributed by atoms with Gasteiger partial charge in [0, 0.05) is 31.4 Å². The van der Waals surface area contributed by atoms with Crippen molar-refractivity contribution in [3.63, 3.8) is 0 Å². The summed E-state index contributed by atoms with van der Waals surface area (Å²) < 4.78 is 11.4. The molecule has 0 bridgehead atoms. The average molecular weight is 405 g/mol. The standard InChI is InChI=1S/C24H27N3O3/c1-16-11-19(12-17(2)24(16)30-15-21-7-5-6-10-25-21)14-26-20-8-9-22(27-18(3)28)23(13-20)29-4/h5-13,26H,14-15H2,1-4H3,(H,27,28). The van der Waals surface area contributed by atoms with Crippen molar-refractivity contribution < 1.29 is 14.3 Å². The number of benzene rings is 2. The normalized spacial score (nSPS) is 10.4. The lowest BCUT2D eigenvalue weighted by atomic mass is 10.1. The molecule has 0 saturated heterocycles. The molecular weight excluding hydrogens is 378 g/mol. The minimum atomic E-state index is -0.134. The fraction of sp³-hybridized carbons (Fsp3) is 0.250. The van der Waals surface area contributed by atoms with E-state index in [2.05, 4.69) is 41.6 Å². The molecule has 0 aliphatic carbocycles. The van der Waals surface area contributed by atoms with E-state index in [-0.39, 0.29) is 5.91 Å². The Balaban J connectivity index is 1.66. The van der Waals surface area contributed by atoms with Crippen molar-refractivity contribution in [2.24, 2.45) is 0 Å². The number of rotatable bonds is 8. The van der Waals surface area contributed by atoms with Crippen molar-refractivity contribution >= 4 is 17.3 Å². The highest BCUT2D eigenvalue weighted by Crippen LogP contribution is 2.29. The van der Waals surface area contributed by atoms with E-state index in [1.165, 1.54) is 6.92 Å². The van der Waals surface area contributed by atoms with Crippen LogP contribution in [0.2, 0.25) is 0 Å². The van der Waals surface area contributed by atoms with E-state index in [1.807, 2.05) is 36.4 Å². The van der Waals surface area contributed by atoms with Crippen LogP contribution in [0.1, 0.15) is 29.3 Å². The predicted molar refractivity (Wildman–Crippen MR) is 119 cm³/mol. The van der Waals surface area contributed by atoms with Crippen molar-refractivity contribution in [2.45, 2.75) is 33.9 Å². The number of carbonyl (C=O) groups is 1. The Morgan fingerprint density at radius 3 is 2.47 bits per heavy atom. The van der Waals surface area contributed by atoms with Gasteiger partial charge in [-0.25, -0.2) is 0 Å². The van der Waals surface area contributed by atoms with Gasteiger partial charge in [-0.15, -0.1) is 0 Å². The number of pyridine rings is 1. The lowest BCUT2D eigenvalue weighted by molar-refractivity contribution is -0.114. The smallest absolute Gasteiger partial charge is 0.221 e. The van der Waals surface area contributed by atoms with Crippen LogP contribution in [0.4, 0.5) is 11.4 Å². The molecule has 3 aromatic rings. The number of anilines is 2. The first-order valence-electron chi connectivity index (χ1n) is 9.78. The summed E-state index contributed by atoms with van der Waals surface area (Å²) in [6.45, 7) is 6.68. The van der Waals surface area contributed by atoms with Crippen molar-refractivity contribution in [1.82, 2.24) is 4.98 Å². The first kappa shape index (κ1) is 21.2. The van der Waals surface area contributed by atoms with E-state index in [4.69, 9.17) is 9.47 Å². The number of hydrogen-bond acceptors (Lipinski definition) is 5. The highest BCUT2D eigenvalue weighted by atomic mass is 16.5. The van der Waals surface area contributed by atoms with E-state index in [0.717, 1.165) is 33.8 Å². The average Bonchev–Trinajstić information content (AvgIpc) is 2.72. The Labute approximate surface area is 177 Å². The Hall–Kier alpha value is -3.54. The highest BCUT2D eigenvalue weighted by Gasteiger charge is 2.09. The number of aryl methyl sites for hydroxylation is 2. The first-order chi connectivity index (χ1) is 14.5. The molecule has 0 radical (unpaired) electrons. The maximum Gasteiger partial charge on any atom is 0.221 e. The van der Waals surface area contributed by atoms with Crippen LogP contribution in [0, 0.1) is 13.8 Å². The van der Waals surface area contributed by atoms with Crippen LogP contribution in [0.25, 0.3) is 0 Å². The number of carbonyl (C=O) groups excluding carboxylic acids is 1. The summed E-state index contributed by atoms with van der Waals surface area (Å²) in [5.74, 6) is 1.37. The maximum absolute atomic E-state index is 11.3. The molecule has 6 heteroatoms. The molecule has 3 rings (SSSR count). The fourth-order valence-corrected chi connectivity index (χ4v) is 3.30. The number of amides is 1. The number of nitrogens with zero attached hydrogens (tertiary/aromatic N) is 1. The molecule has 0 atom stereocenters. The summed E-state index contributed by atoms with van der Waals surface area (Å²) >= 11 is 0. The fourth-order valence-electron chi connectivity index (χ4n) is 3.30. The molecule has 0 aliphatic rings. The van der Waals surface area contributed by atoms with Gasteiger partial charge in [-0.05, 0) is 54.8 Å². The number of ether oxygens (including phenoxy) is 2. The van der Waals surface area contributed by atoms with E-state index < -0.39 is 0 Å². The highest BCUT2D eigenvalue weighted by molar-refractivity contribution is 5.90. The van der Waals surface area contributed by atoms with Gasteiger partial charge in [0.05, 0.1) is 18.5 Å². The van der Waals surface area contributed by atoms with Crippen molar-refractivity contribution in [3.8, 4) is 11.5 Å². The Morgan fingerprint density at radius 1 is 1.07 bits per heavy atom. The molecule has 0 unspecified atom stereocenters. The molecule has 30 heavy (non-hydrogen) atoms. The summed E-state index contributed by atoms with van der Waals surface area (Å²) in [7, 11) is 1.58. The third-order valence-corrected chi connectivity index (χ3v) is 4.62. The summed E-state index contributed by atoms with van der Waals surface area (Å²) in [4.78, 5) is 15.6. The lowest BCUT2D eigenvalue weighted by Crippen LogP contribution is -2.08. The van der Waals surface area contributed by atoms with E-state index in [9.17, 15) is 4.79 Å². The zero-order valence-corrected chi connectivity index (χ0v) is 17.8. The van der Waals surface area contributed by atoms with Gasteiger partial charge in [0.25, 0.3) is 0 Å². The zero-order chi connectivity index (χ0) is 21.5. The summed E-state index contributed by atoms with van der Waals surface area (Å²) in [6.07, 6.45) is 1.77. The van der Waals surface area contributed by atoms with Crippen molar-refractivity contribution in [1.29, 1.82) is 0 Å². The molecule has 1 heterocycles. The van der Waals surface area contributed by atoms with Crippen LogP contribution in [-0.2, 0) is 17.9 Å². The van der Waals surface area contributed by atoms with E-state index in [1.54, 1.807) is 13.3 Å². The third-order valence-electron chi connectivity index (χ3n) is 4.62. The maximum atomic E-state index is 11.3. The number of methoxy groups -OCH3 is 1. The molecule has 0 fully saturated rings. The number of hydrogen-bond donors (Lipinski definition) is 2. The van der Waals surface area contributed by atoms with Gasteiger partial charge in [0.1, 0.15) is 18.1 Å². The topological polar surface area (TPSA) is 72.5 Å². The molecular formula is C24H27N3O3. The first-order valence-corrected chi connectivity index (χ1v) is 9.78. The second kappa shape index (κ2) is 9.78. The van der Waals surface area contributed by atoms with Crippen LogP contribution in [0.5, 0.6) is 11.5 Å². The lowest BCUT2D eigenvalue weighted by Gasteiger charge is -2.15. The molecule has 6 nitrogen and oxygen atoms in total. The third kappa shape index (κ3) is 5.50. The molecule has 0 spiro atoms. The quantitative estimate of drug-likeness (QED) is 0.560. The largest absolute Gasteiger partial charge is 0.494 e. The van der Waals surface area contributed by atoms with Gasteiger partial charge < -0.3 is 20.1 Å². The monoisotopic (exact) mass is 405 g/mol. The predicted octanol–water partition coefficient (Wildman–Crippen LogP) is 4.86. The minimum absolute atomic E-state index is 0.134. The molecule has 1 amide bonds. The van der Waals surface area contributed by atoms with Crippen LogP contribution >= 0.6 is 0 Å². The number of nitrogens with one attached hydrogen (secondary N) is 2. The van der Waals surface area contributed by atoms with Crippen LogP contribution in [0.15, 0.2) is 54.7 Å². The van der Waals surface area contributed by atoms with E-state index in [0.29, 0.717) is 24.6 Å². The zero-order valence-electron chi connectivity index (χ0n) is 17.8. The molecule has 0 saturated carbocycles. The Kier molecular flexibility index (Phi) is 6.91. The second-order valence-corrected chi connectivity index (χ2v) is 7.12. The molecule has 0 aliphatic heterocycles. The van der Waals surface area contributed by atoms with Crippen LogP contribution in [-0.4, -0.2) is 18.0 Å². The molecule has 2 N–H and O–H groups in total. The SMILES string of the molecule is COc1cc(NCc2cc(C)c(OCc3ccccn3)c(C)c2)ccc1NC(C)=O. The molecule has 2 aromatic carbocycles. The summed E-state index contributed by atoms with van der Waals surface area (Å²) in [5.41, 5.74) is 5.78. The van der Waals surface area contributed by atoms with Gasteiger partial charge in [-0.3, -0.25) is 9.78 Å². The van der Waals surface area contributed by atoms with Crippen LogP contribution in [0.3, 0.4) is 0 Å². The van der Waals surface area contributed by atoms with Gasteiger partial charge in [0.15, 0.2) is 0 Å². The minimum Gasteiger partial charge on any atom is -0.494 e. The Bertz CT molecular complexity index is 996. The Morgan fingerprint density at radius 2 is 1.83 bits per heavy atom. The molecule has 156 valence electrons. The molecule has 1 aromatic heterocycles. The van der Waals surface area contributed by atoms with Gasteiger partial charge in [-0.2, -0.15) is 0 Å². The summed E-state index contributed by atoms with van der Waals surface area (Å²) in [6, 6.07) is 15.7. The number of aromatic nitrogens is 1. The van der Waals surface area contributed by atoms with E-state index >= 15 is 0 Å². The second-order valence-electron chi connectivity index (χ2n) is 7.12.